The second-order valence-corrected chi connectivity index (χ2v) is 7.17. The number of aryl methyl sites for hydroxylation is 1. The smallest absolute Gasteiger partial charge is 0.338 e. The highest BCUT2D eigenvalue weighted by Crippen LogP contribution is 2.31. The van der Waals surface area contributed by atoms with Gasteiger partial charge in [0.2, 0.25) is 6.10 Å². The van der Waals surface area contributed by atoms with Crippen LogP contribution in [0.1, 0.15) is 17.3 Å². The molecule has 0 unspecified atom stereocenters. The molecule has 0 radical (unpaired) electrons. The fourth-order valence-corrected chi connectivity index (χ4v) is 3.95. The van der Waals surface area contributed by atoms with Crippen molar-refractivity contribution in [2.75, 3.05) is 13.2 Å². The van der Waals surface area contributed by atoms with Crippen molar-refractivity contribution in [2.24, 2.45) is 12.0 Å². The largest absolute Gasteiger partial charge is 0.485 e. The van der Waals surface area contributed by atoms with Gasteiger partial charge in [0.05, 0.1) is 22.4 Å². The summed E-state index contributed by atoms with van der Waals surface area (Å²) in [6.45, 7) is 2.19. The maximum absolute atomic E-state index is 12.6. The summed E-state index contributed by atoms with van der Waals surface area (Å²) in [6.07, 6.45) is -0.796. The van der Waals surface area contributed by atoms with E-state index in [1.165, 1.54) is 11.3 Å². The quantitative estimate of drug-likeness (QED) is 0.634. The van der Waals surface area contributed by atoms with Crippen LogP contribution in [0.2, 0.25) is 0 Å². The van der Waals surface area contributed by atoms with Gasteiger partial charge in [-0.2, -0.15) is 4.99 Å². The lowest BCUT2D eigenvalue weighted by atomic mass is 10.2. The summed E-state index contributed by atoms with van der Waals surface area (Å²) in [5.74, 6) is 0.358. The zero-order valence-electron chi connectivity index (χ0n) is 15.4. The summed E-state index contributed by atoms with van der Waals surface area (Å²) < 4.78 is 19.0. The number of thiazole rings is 1. The third kappa shape index (κ3) is 3.38. The van der Waals surface area contributed by atoms with Crippen LogP contribution in [0.3, 0.4) is 0 Å². The predicted octanol–water partition coefficient (Wildman–Crippen LogP) is 2.68. The molecule has 4 rings (SSSR count). The van der Waals surface area contributed by atoms with Gasteiger partial charge in [0.15, 0.2) is 16.3 Å². The van der Waals surface area contributed by atoms with Crippen LogP contribution in [0.25, 0.3) is 10.2 Å². The molecular formula is C20H18N2O5S. The number of hydrogen-bond acceptors (Lipinski definition) is 6. The highest BCUT2D eigenvalue weighted by Gasteiger charge is 2.27. The van der Waals surface area contributed by atoms with Gasteiger partial charge in [0.1, 0.15) is 6.61 Å². The van der Waals surface area contributed by atoms with E-state index >= 15 is 0 Å². The number of para-hydroxylation sites is 2. The van der Waals surface area contributed by atoms with E-state index in [0.717, 1.165) is 10.2 Å². The van der Waals surface area contributed by atoms with Gasteiger partial charge < -0.3 is 18.8 Å². The van der Waals surface area contributed by atoms with Crippen LogP contribution in [0, 0.1) is 0 Å². The molecule has 3 aromatic rings. The average Bonchev–Trinajstić information content (AvgIpc) is 3.02. The van der Waals surface area contributed by atoms with E-state index < -0.39 is 12.0 Å². The van der Waals surface area contributed by atoms with Crippen LogP contribution in [0.15, 0.2) is 47.5 Å². The van der Waals surface area contributed by atoms with E-state index in [1.54, 1.807) is 31.2 Å². The SMILES string of the molecule is CCOC(=O)c1ccc2c(c1)sc(=NC(=O)[C@@H]1COc3ccccc3O1)n2C. The molecule has 0 bridgehead atoms. The fourth-order valence-electron chi connectivity index (χ4n) is 2.89. The molecule has 144 valence electrons. The number of benzene rings is 2. The lowest BCUT2D eigenvalue weighted by Crippen LogP contribution is -2.36. The van der Waals surface area contributed by atoms with Crippen molar-refractivity contribution < 1.29 is 23.8 Å². The minimum absolute atomic E-state index is 0.112. The van der Waals surface area contributed by atoms with E-state index in [2.05, 4.69) is 4.99 Å². The molecule has 7 nitrogen and oxygen atoms in total. The van der Waals surface area contributed by atoms with Crippen LogP contribution in [-0.2, 0) is 16.6 Å². The number of ether oxygens (including phenoxy) is 3. The van der Waals surface area contributed by atoms with Crippen molar-refractivity contribution >= 4 is 33.4 Å². The summed E-state index contributed by atoms with van der Waals surface area (Å²) in [4.78, 5) is 29.3. The van der Waals surface area contributed by atoms with Gasteiger partial charge in [-0.05, 0) is 37.3 Å². The molecule has 1 aliphatic heterocycles. The Morgan fingerprint density at radius 1 is 1.25 bits per heavy atom. The number of hydrogen-bond donors (Lipinski definition) is 0. The van der Waals surface area contributed by atoms with Gasteiger partial charge in [0.25, 0.3) is 5.91 Å². The maximum Gasteiger partial charge on any atom is 0.338 e. The van der Waals surface area contributed by atoms with E-state index in [4.69, 9.17) is 14.2 Å². The highest BCUT2D eigenvalue weighted by molar-refractivity contribution is 7.16. The Morgan fingerprint density at radius 2 is 2.04 bits per heavy atom. The first-order chi connectivity index (χ1) is 13.6. The molecule has 1 aliphatic rings. The normalized spacial score (nSPS) is 16.2. The number of esters is 1. The molecule has 0 aliphatic carbocycles. The monoisotopic (exact) mass is 398 g/mol. The Labute approximate surface area is 164 Å². The van der Waals surface area contributed by atoms with Crippen molar-refractivity contribution in [1.29, 1.82) is 0 Å². The zero-order valence-corrected chi connectivity index (χ0v) is 16.2. The summed E-state index contributed by atoms with van der Waals surface area (Å²) in [6, 6.07) is 12.5. The molecule has 2 aromatic carbocycles. The number of fused-ring (bicyclic) bond motifs is 2. The van der Waals surface area contributed by atoms with Crippen molar-refractivity contribution in [3.05, 3.63) is 52.8 Å². The number of rotatable bonds is 3. The molecule has 1 amide bonds. The molecular weight excluding hydrogens is 380 g/mol. The first kappa shape index (κ1) is 18.2. The fraction of sp³-hybridized carbons (Fsp3) is 0.250. The number of aromatic nitrogens is 1. The van der Waals surface area contributed by atoms with Crippen LogP contribution >= 0.6 is 11.3 Å². The number of carbonyl (C=O) groups is 2. The molecule has 2 heterocycles. The number of carbonyl (C=O) groups excluding carboxylic acids is 2. The van der Waals surface area contributed by atoms with Crippen LogP contribution in [0.4, 0.5) is 0 Å². The Morgan fingerprint density at radius 3 is 2.82 bits per heavy atom. The maximum atomic E-state index is 12.6. The minimum Gasteiger partial charge on any atom is -0.485 e. The Balaban J connectivity index is 1.63. The summed E-state index contributed by atoms with van der Waals surface area (Å²) in [7, 11) is 1.82. The molecule has 0 fully saturated rings. The van der Waals surface area contributed by atoms with Crippen molar-refractivity contribution in [1.82, 2.24) is 4.57 Å². The van der Waals surface area contributed by atoms with E-state index in [9.17, 15) is 9.59 Å². The second kappa shape index (κ2) is 7.47. The molecule has 0 N–H and O–H groups in total. The summed E-state index contributed by atoms with van der Waals surface area (Å²) >= 11 is 1.32. The number of nitrogens with zero attached hydrogens (tertiary/aromatic N) is 2. The summed E-state index contributed by atoms with van der Waals surface area (Å²) in [5, 5.41) is 0. The zero-order chi connectivity index (χ0) is 19.7. The van der Waals surface area contributed by atoms with Gasteiger partial charge in [-0.15, -0.1) is 0 Å². The van der Waals surface area contributed by atoms with Crippen molar-refractivity contribution in [3.63, 3.8) is 0 Å². The Bertz CT molecular complexity index is 1130. The summed E-state index contributed by atoms with van der Waals surface area (Å²) in [5.41, 5.74) is 1.34. The van der Waals surface area contributed by atoms with Crippen molar-refractivity contribution in [2.45, 2.75) is 13.0 Å². The highest BCUT2D eigenvalue weighted by atomic mass is 32.1. The van der Waals surface area contributed by atoms with Crippen LogP contribution in [0.5, 0.6) is 11.5 Å². The van der Waals surface area contributed by atoms with Crippen molar-refractivity contribution in [3.8, 4) is 11.5 Å². The first-order valence-electron chi connectivity index (χ1n) is 8.80. The van der Waals surface area contributed by atoms with Gasteiger partial charge in [-0.25, -0.2) is 4.79 Å². The van der Waals surface area contributed by atoms with E-state index in [-0.39, 0.29) is 12.6 Å². The first-order valence-corrected chi connectivity index (χ1v) is 9.62. The van der Waals surface area contributed by atoms with Crippen LogP contribution < -0.4 is 14.3 Å². The lowest BCUT2D eigenvalue weighted by Gasteiger charge is -2.23. The third-order valence-corrected chi connectivity index (χ3v) is 5.40. The third-order valence-electron chi connectivity index (χ3n) is 4.31. The lowest BCUT2D eigenvalue weighted by molar-refractivity contribution is -0.127. The van der Waals surface area contributed by atoms with Crippen LogP contribution in [-0.4, -0.2) is 35.8 Å². The Kier molecular flexibility index (Phi) is 4.87. The topological polar surface area (TPSA) is 79.1 Å². The molecule has 0 saturated carbocycles. The molecule has 1 aromatic heterocycles. The molecule has 8 heteroatoms. The van der Waals surface area contributed by atoms with Gasteiger partial charge in [0, 0.05) is 7.05 Å². The Hall–Kier alpha value is -3.13. The second-order valence-electron chi connectivity index (χ2n) is 6.16. The number of amides is 1. The van der Waals surface area contributed by atoms with E-state index in [1.807, 2.05) is 29.8 Å². The van der Waals surface area contributed by atoms with E-state index in [0.29, 0.717) is 28.5 Å². The van der Waals surface area contributed by atoms with Gasteiger partial charge in [-0.1, -0.05) is 23.5 Å². The average molecular weight is 398 g/mol. The van der Waals surface area contributed by atoms with Gasteiger partial charge >= 0.3 is 5.97 Å². The van der Waals surface area contributed by atoms with Gasteiger partial charge in [-0.3, -0.25) is 4.79 Å². The minimum atomic E-state index is -0.796. The molecule has 28 heavy (non-hydrogen) atoms. The predicted molar refractivity (Wildman–Crippen MR) is 104 cm³/mol. The standard InChI is InChI=1S/C20H18N2O5S/c1-3-25-19(24)12-8-9-13-17(10-12)28-20(22(13)2)21-18(23)16-11-26-14-6-4-5-7-15(14)27-16/h4-10,16H,3,11H2,1-2H3/t16-/m0/s1. The molecule has 1 atom stereocenters. The molecule has 0 saturated heterocycles. The molecule has 0 spiro atoms.